The Balaban J connectivity index is 0.00000196. The molecule has 0 unspecified atom stereocenters. The quantitative estimate of drug-likeness (QED) is 0.758. The Hall–Kier alpha value is -0.320. The lowest BCUT2D eigenvalue weighted by atomic mass is 9.99. The second-order valence-electron chi connectivity index (χ2n) is 4.59. The highest BCUT2D eigenvalue weighted by Gasteiger charge is 2.22. The summed E-state index contributed by atoms with van der Waals surface area (Å²) in [5.74, 6) is 0.234. The van der Waals surface area contributed by atoms with Crippen molar-refractivity contribution < 1.29 is 9.53 Å². The number of amides is 1. The molecule has 1 saturated heterocycles. The van der Waals surface area contributed by atoms with Crippen molar-refractivity contribution in [2.75, 3.05) is 19.8 Å². The Morgan fingerprint density at radius 1 is 1.47 bits per heavy atom. The summed E-state index contributed by atoms with van der Waals surface area (Å²) in [5, 5.41) is 2.87. The average molecular weight is 237 g/mol. The second-order valence-corrected chi connectivity index (χ2v) is 4.59. The van der Waals surface area contributed by atoms with Crippen LogP contribution >= 0.6 is 12.4 Å². The Morgan fingerprint density at radius 2 is 2.00 bits per heavy atom. The summed E-state index contributed by atoms with van der Waals surface area (Å²) < 4.78 is 5.19. The first-order chi connectivity index (χ1) is 6.49. The van der Waals surface area contributed by atoms with Gasteiger partial charge >= 0.3 is 0 Å². The van der Waals surface area contributed by atoms with E-state index >= 15 is 0 Å². The minimum Gasteiger partial charge on any atom is -0.381 e. The molecule has 0 aliphatic carbocycles. The first-order valence-electron chi connectivity index (χ1n) is 5.13. The van der Waals surface area contributed by atoms with E-state index < -0.39 is 0 Å². The van der Waals surface area contributed by atoms with E-state index in [4.69, 9.17) is 10.5 Å². The molecule has 1 rings (SSSR count). The summed E-state index contributed by atoms with van der Waals surface area (Å²) in [6.45, 7) is 5.73. The zero-order valence-corrected chi connectivity index (χ0v) is 10.2. The normalized spacial score (nSPS) is 18.1. The Labute approximate surface area is 97.3 Å². The minimum atomic E-state index is -0.333. The van der Waals surface area contributed by atoms with Crippen LogP contribution < -0.4 is 11.1 Å². The van der Waals surface area contributed by atoms with Gasteiger partial charge in [0.1, 0.15) is 0 Å². The number of nitrogens with two attached hydrogens (primary N) is 1. The Morgan fingerprint density at radius 3 is 2.47 bits per heavy atom. The van der Waals surface area contributed by atoms with Gasteiger partial charge in [0.25, 0.3) is 0 Å². The fraction of sp³-hybridized carbons (Fsp3) is 0.900. The molecule has 0 radical (unpaired) electrons. The molecule has 0 saturated carbocycles. The van der Waals surface area contributed by atoms with Crippen molar-refractivity contribution in [3.63, 3.8) is 0 Å². The highest BCUT2D eigenvalue weighted by Crippen LogP contribution is 2.14. The molecule has 0 spiro atoms. The predicted molar refractivity (Wildman–Crippen MR) is 62.1 cm³/mol. The Kier molecular flexibility index (Phi) is 6.17. The van der Waals surface area contributed by atoms with E-state index in [0.717, 1.165) is 12.8 Å². The third-order valence-electron chi connectivity index (χ3n) is 2.31. The maximum atomic E-state index is 11.6. The number of hydrogen-bond acceptors (Lipinski definition) is 3. The molecule has 4 nitrogen and oxygen atoms in total. The third kappa shape index (κ3) is 5.97. The van der Waals surface area contributed by atoms with Gasteiger partial charge in [0.2, 0.25) is 5.91 Å². The highest BCUT2D eigenvalue weighted by atomic mass is 35.5. The number of halogens is 1. The summed E-state index contributed by atoms with van der Waals surface area (Å²) in [7, 11) is 0. The molecule has 1 aliphatic heterocycles. The van der Waals surface area contributed by atoms with Crippen LogP contribution in [0.2, 0.25) is 0 Å². The average Bonchev–Trinajstić information content (AvgIpc) is 2.14. The largest absolute Gasteiger partial charge is 0.381 e. The lowest BCUT2D eigenvalue weighted by Gasteiger charge is -2.24. The van der Waals surface area contributed by atoms with Gasteiger partial charge < -0.3 is 15.8 Å². The van der Waals surface area contributed by atoms with E-state index in [0.29, 0.717) is 19.8 Å². The van der Waals surface area contributed by atoms with Crippen molar-refractivity contribution in [1.82, 2.24) is 5.32 Å². The zero-order valence-electron chi connectivity index (χ0n) is 9.41. The molecule has 3 N–H and O–H groups in total. The van der Waals surface area contributed by atoms with Crippen LogP contribution in [0, 0.1) is 5.92 Å². The standard InChI is InChI=1S/C10H20N2O2.ClH/c1-10(2,11)7-12-9(13)8-3-5-14-6-4-8;/h8H,3-7,11H2,1-2H3,(H,12,13);1H. The highest BCUT2D eigenvalue weighted by molar-refractivity contribution is 5.85. The van der Waals surface area contributed by atoms with Crippen molar-refractivity contribution in [3.05, 3.63) is 0 Å². The number of carbonyl (C=O) groups excluding carboxylic acids is 1. The van der Waals surface area contributed by atoms with Crippen molar-refractivity contribution in [2.45, 2.75) is 32.2 Å². The summed E-state index contributed by atoms with van der Waals surface area (Å²) in [6.07, 6.45) is 1.66. The molecule has 5 heteroatoms. The molecule has 0 atom stereocenters. The lowest BCUT2D eigenvalue weighted by molar-refractivity contribution is -0.128. The summed E-state index contributed by atoms with van der Waals surface area (Å²) in [4.78, 5) is 11.6. The van der Waals surface area contributed by atoms with E-state index in [2.05, 4.69) is 5.32 Å². The van der Waals surface area contributed by atoms with Gasteiger partial charge in [0, 0.05) is 31.2 Å². The molecule has 0 aromatic heterocycles. The first-order valence-corrected chi connectivity index (χ1v) is 5.13. The van der Waals surface area contributed by atoms with E-state index in [1.54, 1.807) is 0 Å². The topological polar surface area (TPSA) is 64.3 Å². The number of carbonyl (C=O) groups is 1. The summed E-state index contributed by atoms with van der Waals surface area (Å²) in [5.41, 5.74) is 5.44. The van der Waals surface area contributed by atoms with Gasteiger partial charge in [-0.3, -0.25) is 4.79 Å². The van der Waals surface area contributed by atoms with E-state index in [1.165, 1.54) is 0 Å². The van der Waals surface area contributed by atoms with Crippen molar-refractivity contribution in [2.24, 2.45) is 11.7 Å². The molecule has 0 aromatic carbocycles. The van der Waals surface area contributed by atoms with Gasteiger partial charge in [-0.1, -0.05) is 0 Å². The van der Waals surface area contributed by atoms with Crippen molar-refractivity contribution >= 4 is 18.3 Å². The van der Waals surface area contributed by atoms with E-state index in [1.807, 2.05) is 13.8 Å². The maximum Gasteiger partial charge on any atom is 0.223 e. The molecular weight excluding hydrogens is 216 g/mol. The van der Waals surface area contributed by atoms with Crippen molar-refractivity contribution in [3.8, 4) is 0 Å². The second kappa shape index (κ2) is 6.30. The molecule has 1 aliphatic rings. The number of nitrogens with one attached hydrogen (secondary N) is 1. The summed E-state index contributed by atoms with van der Waals surface area (Å²) in [6, 6.07) is 0. The van der Waals surface area contributed by atoms with Crippen LogP contribution in [-0.4, -0.2) is 31.2 Å². The fourth-order valence-electron chi connectivity index (χ4n) is 1.42. The molecule has 1 amide bonds. The van der Waals surface area contributed by atoms with Crippen LogP contribution in [0.4, 0.5) is 0 Å². The number of hydrogen-bond donors (Lipinski definition) is 2. The lowest BCUT2D eigenvalue weighted by Crippen LogP contribution is -2.47. The monoisotopic (exact) mass is 236 g/mol. The smallest absolute Gasteiger partial charge is 0.223 e. The third-order valence-corrected chi connectivity index (χ3v) is 2.31. The van der Waals surface area contributed by atoms with Gasteiger partial charge in [-0.25, -0.2) is 0 Å². The molecule has 0 aromatic rings. The van der Waals surface area contributed by atoms with E-state index in [-0.39, 0.29) is 29.8 Å². The van der Waals surface area contributed by atoms with Crippen LogP contribution in [0.5, 0.6) is 0 Å². The van der Waals surface area contributed by atoms with E-state index in [9.17, 15) is 4.79 Å². The molecule has 90 valence electrons. The van der Waals surface area contributed by atoms with Gasteiger partial charge in [0.15, 0.2) is 0 Å². The molecular formula is C10H21ClN2O2. The van der Waals surface area contributed by atoms with Gasteiger partial charge in [-0.2, -0.15) is 0 Å². The molecule has 1 fully saturated rings. The van der Waals surface area contributed by atoms with Crippen LogP contribution in [0.3, 0.4) is 0 Å². The van der Waals surface area contributed by atoms with Crippen LogP contribution in [0.1, 0.15) is 26.7 Å². The first kappa shape index (κ1) is 14.7. The summed E-state index contributed by atoms with van der Waals surface area (Å²) >= 11 is 0. The van der Waals surface area contributed by atoms with Gasteiger partial charge in [0.05, 0.1) is 0 Å². The van der Waals surface area contributed by atoms with Crippen LogP contribution in [-0.2, 0) is 9.53 Å². The van der Waals surface area contributed by atoms with Crippen LogP contribution in [0.25, 0.3) is 0 Å². The van der Waals surface area contributed by atoms with Crippen LogP contribution in [0.15, 0.2) is 0 Å². The Bertz CT molecular complexity index is 198. The fourth-order valence-corrected chi connectivity index (χ4v) is 1.42. The number of ether oxygens (including phenoxy) is 1. The van der Waals surface area contributed by atoms with Gasteiger partial charge in [-0.15, -0.1) is 12.4 Å². The zero-order chi connectivity index (χ0) is 10.6. The van der Waals surface area contributed by atoms with Crippen molar-refractivity contribution in [1.29, 1.82) is 0 Å². The van der Waals surface area contributed by atoms with Gasteiger partial charge in [-0.05, 0) is 26.7 Å². The number of rotatable bonds is 3. The molecule has 0 bridgehead atoms. The molecule has 1 heterocycles. The predicted octanol–water partition coefficient (Wildman–Crippen LogP) is 0.688. The molecule has 15 heavy (non-hydrogen) atoms. The maximum absolute atomic E-state index is 11.6. The SMILES string of the molecule is CC(C)(N)CNC(=O)C1CCOCC1.Cl. The minimum absolute atomic E-state index is 0.